The molecule has 0 radical (unpaired) electrons. The first-order chi connectivity index (χ1) is 11.4. The summed E-state index contributed by atoms with van der Waals surface area (Å²) >= 11 is 5.81. The van der Waals surface area contributed by atoms with Crippen LogP contribution in [-0.2, 0) is 11.3 Å². The first-order valence-corrected chi connectivity index (χ1v) is 7.56. The highest BCUT2D eigenvalue weighted by molar-refractivity contribution is 6.29. The van der Waals surface area contributed by atoms with Crippen molar-refractivity contribution in [3.05, 3.63) is 51.2 Å². The molecule has 0 unspecified atom stereocenters. The monoisotopic (exact) mass is 346 g/mol. The van der Waals surface area contributed by atoms with Gasteiger partial charge in [0.15, 0.2) is 0 Å². The first-order valence-electron chi connectivity index (χ1n) is 7.19. The normalized spacial score (nSPS) is 11.0. The van der Waals surface area contributed by atoms with E-state index in [-0.39, 0.29) is 17.4 Å². The molecule has 8 nitrogen and oxygen atoms in total. The third-order valence-corrected chi connectivity index (χ3v) is 3.91. The van der Waals surface area contributed by atoms with Crippen LogP contribution in [0.15, 0.2) is 29.2 Å². The van der Waals surface area contributed by atoms with Gasteiger partial charge in [0.1, 0.15) is 5.15 Å². The Kier molecular flexibility index (Phi) is 4.06. The molecule has 9 heteroatoms. The van der Waals surface area contributed by atoms with Gasteiger partial charge >= 0.3 is 0 Å². The van der Waals surface area contributed by atoms with E-state index in [9.17, 15) is 9.59 Å². The molecule has 3 heterocycles. The average molecular weight is 347 g/mol. The molecule has 1 amide bonds. The Morgan fingerprint density at radius 1 is 1.38 bits per heavy atom. The molecule has 0 spiro atoms. The minimum atomic E-state index is -0.302. The van der Waals surface area contributed by atoms with Gasteiger partial charge in [0.25, 0.3) is 11.5 Å². The molecule has 0 fully saturated rings. The maximum atomic E-state index is 12.2. The molecule has 3 aromatic rings. The van der Waals surface area contributed by atoms with Crippen molar-refractivity contribution in [1.82, 2.24) is 24.1 Å². The van der Waals surface area contributed by atoms with Crippen molar-refractivity contribution in [3.8, 4) is 0 Å². The van der Waals surface area contributed by atoms with Crippen LogP contribution in [0.3, 0.4) is 0 Å². The number of anilines is 1. The van der Waals surface area contributed by atoms with E-state index in [1.165, 1.54) is 22.4 Å². The molecule has 0 N–H and O–H groups in total. The molecule has 0 aliphatic carbocycles. The van der Waals surface area contributed by atoms with Gasteiger partial charge in [-0.05, 0) is 18.6 Å². The number of carbonyl (C=O) groups excluding carboxylic acids is 1. The van der Waals surface area contributed by atoms with E-state index >= 15 is 0 Å². The van der Waals surface area contributed by atoms with E-state index in [2.05, 4.69) is 15.1 Å². The number of hydrogen-bond acceptors (Lipinski definition) is 5. The summed E-state index contributed by atoms with van der Waals surface area (Å²) in [6.07, 6.45) is 1.66. The highest BCUT2D eigenvalue weighted by atomic mass is 35.5. The fourth-order valence-electron chi connectivity index (χ4n) is 2.25. The number of aromatic nitrogens is 5. The molecular weight excluding hydrogens is 332 g/mol. The maximum absolute atomic E-state index is 12.2. The van der Waals surface area contributed by atoms with Gasteiger partial charge in [0, 0.05) is 31.9 Å². The maximum Gasteiger partial charge on any atom is 0.275 e. The molecule has 0 saturated carbocycles. The van der Waals surface area contributed by atoms with Crippen LogP contribution in [-0.4, -0.2) is 37.1 Å². The predicted octanol–water partition coefficient (Wildman–Crippen LogP) is 1.28. The van der Waals surface area contributed by atoms with Gasteiger partial charge in [-0.1, -0.05) is 17.7 Å². The van der Waals surface area contributed by atoms with E-state index < -0.39 is 0 Å². The zero-order chi connectivity index (χ0) is 17.4. The Labute approximate surface area is 142 Å². The van der Waals surface area contributed by atoms with Crippen molar-refractivity contribution in [2.24, 2.45) is 0 Å². The van der Waals surface area contributed by atoms with Gasteiger partial charge in [0.2, 0.25) is 11.7 Å². The number of nitrogens with zero attached hydrogens (tertiary/aromatic N) is 6. The summed E-state index contributed by atoms with van der Waals surface area (Å²) in [5.74, 6) is 0.315. The zero-order valence-corrected chi connectivity index (χ0v) is 14.2. The van der Waals surface area contributed by atoms with Gasteiger partial charge in [-0.2, -0.15) is 9.50 Å². The second-order valence-corrected chi connectivity index (χ2v) is 5.79. The number of halogens is 1. The van der Waals surface area contributed by atoms with Crippen LogP contribution in [0.2, 0.25) is 5.15 Å². The SMILES string of the molecule is CC(=O)N(C)c1nc2n(Cc3ccc(Cl)nc3)c(C)cc(=O)n2n1. The Balaban J connectivity index is 2.14. The zero-order valence-electron chi connectivity index (χ0n) is 13.4. The minimum absolute atomic E-state index is 0.174. The number of pyridine rings is 1. The number of aryl methyl sites for hydroxylation is 1. The van der Waals surface area contributed by atoms with E-state index in [4.69, 9.17) is 11.6 Å². The van der Waals surface area contributed by atoms with Gasteiger partial charge in [0.05, 0.1) is 6.54 Å². The molecule has 0 bridgehead atoms. The summed E-state index contributed by atoms with van der Waals surface area (Å²) in [7, 11) is 1.56. The summed E-state index contributed by atoms with van der Waals surface area (Å²) in [5.41, 5.74) is 1.33. The number of carbonyl (C=O) groups is 1. The van der Waals surface area contributed by atoms with Crippen LogP contribution < -0.4 is 10.5 Å². The van der Waals surface area contributed by atoms with Gasteiger partial charge < -0.3 is 4.57 Å². The molecule has 124 valence electrons. The third kappa shape index (κ3) is 2.88. The molecule has 0 aromatic carbocycles. The van der Waals surface area contributed by atoms with Gasteiger partial charge in [-0.25, -0.2) is 4.98 Å². The van der Waals surface area contributed by atoms with Crippen molar-refractivity contribution in [2.45, 2.75) is 20.4 Å². The molecule has 24 heavy (non-hydrogen) atoms. The van der Waals surface area contributed by atoms with Gasteiger partial charge in [-0.15, -0.1) is 5.10 Å². The Morgan fingerprint density at radius 3 is 2.75 bits per heavy atom. The Morgan fingerprint density at radius 2 is 2.12 bits per heavy atom. The highest BCUT2D eigenvalue weighted by Gasteiger charge is 2.17. The Bertz CT molecular complexity index is 976. The second kappa shape index (κ2) is 6.04. The highest BCUT2D eigenvalue weighted by Crippen LogP contribution is 2.13. The number of hydrogen-bond donors (Lipinski definition) is 0. The minimum Gasteiger partial charge on any atom is -0.310 e. The topological polar surface area (TPSA) is 85.4 Å². The molecular formula is C15H15ClN6O2. The van der Waals surface area contributed by atoms with Crippen LogP contribution in [0.25, 0.3) is 5.78 Å². The fraction of sp³-hybridized carbons (Fsp3) is 0.267. The quantitative estimate of drug-likeness (QED) is 0.667. The van der Waals surface area contributed by atoms with E-state index in [1.807, 2.05) is 17.6 Å². The van der Waals surface area contributed by atoms with Crippen molar-refractivity contribution >= 4 is 29.2 Å². The van der Waals surface area contributed by atoms with Crippen LogP contribution in [0, 0.1) is 6.92 Å². The lowest BCUT2D eigenvalue weighted by molar-refractivity contribution is -0.116. The van der Waals surface area contributed by atoms with Crippen molar-refractivity contribution in [3.63, 3.8) is 0 Å². The molecule has 0 aliphatic rings. The third-order valence-electron chi connectivity index (χ3n) is 3.69. The molecule has 3 aromatic heterocycles. The van der Waals surface area contributed by atoms with E-state index in [0.29, 0.717) is 17.5 Å². The van der Waals surface area contributed by atoms with Crippen molar-refractivity contribution in [2.75, 3.05) is 11.9 Å². The van der Waals surface area contributed by atoms with Crippen LogP contribution in [0.4, 0.5) is 5.95 Å². The number of rotatable bonds is 3. The largest absolute Gasteiger partial charge is 0.310 e. The number of amides is 1. The summed E-state index contributed by atoms with van der Waals surface area (Å²) in [5, 5.41) is 4.54. The summed E-state index contributed by atoms with van der Waals surface area (Å²) in [4.78, 5) is 33.4. The first kappa shape index (κ1) is 16.1. The van der Waals surface area contributed by atoms with E-state index in [0.717, 1.165) is 11.3 Å². The standard InChI is InChI=1S/C15H15ClN6O2/c1-9-6-13(24)22-15(18-14(19-22)20(3)10(2)23)21(9)8-11-4-5-12(16)17-7-11/h4-7H,8H2,1-3H3. The fourth-order valence-corrected chi connectivity index (χ4v) is 2.36. The lowest BCUT2D eigenvalue weighted by Crippen LogP contribution is -2.24. The van der Waals surface area contributed by atoms with E-state index in [1.54, 1.807) is 19.3 Å². The second-order valence-electron chi connectivity index (χ2n) is 5.40. The van der Waals surface area contributed by atoms with Gasteiger partial charge in [-0.3, -0.25) is 14.5 Å². The lowest BCUT2D eigenvalue weighted by Gasteiger charge is -2.11. The van der Waals surface area contributed by atoms with Crippen LogP contribution >= 0.6 is 11.6 Å². The summed E-state index contributed by atoms with van der Waals surface area (Å²) in [6, 6.07) is 5.02. The van der Waals surface area contributed by atoms with Crippen LogP contribution in [0.5, 0.6) is 0 Å². The van der Waals surface area contributed by atoms with Crippen LogP contribution in [0.1, 0.15) is 18.2 Å². The smallest absolute Gasteiger partial charge is 0.275 e. The molecule has 0 atom stereocenters. The lowest BCUT2D eigenvalue weighted by atomic mass is 10.3. The summed E-state index contributed by atoms with van der Waals surface area (Å²) in [6.45, 7) is 3.66. The predicted molar refractivity (Wildman–Crippen MR) is 89.4 cm³/mol. The molecule has 0 aliphatic heterocycles. The van der Waals surface area contributed by atoms with Crippen molar-refractivity contribution < 1.29 is 4.79 Å². The summed E-state index contributed by atoms with van der Waals surface area (Å²) < 4.78 is 3.02. The Hall–Kier alpha value is -2.74. The van der Waals surface area contributed by atoms with Crippen molar-refractivity contribution in [1.29, 1.82) is 0 Å². The number of fused-ring (bicyclic) bond motifs is 1. The average Bonchev–Trinajstić information content (AvgIpc) is 2.98. The molecule has 0 saturated heterocycles. The molecule has 3 rings (SSSR count).